The summed E-state index contributed by atoms with van der Waals surface area (Å²) in [6.45, 7) is 1.63. The number of amides is 2. The molecule has 1 atom stereocenters. The first-order valence-corrected chi connectivity index (χ1v) is 5.48. The van der Waals surface area contributed by atoms with E-state index in [9.17, 15) is 14.4 Å². The highest BCUT2D eigenvalue weighted by Crippen LogP contribution is 2.09. The molecule has 0 radical (unpaired) electrons. The maximum Gasteiger partial charge on any atom is 0.326 e. The summed E-state index contributed by atoms with van der Waals surface area (Å²) >= 11 is 0.930. The Labute approximate surface area is 105 Å². The first kappa shape index (κ1) is 13.8. The van der Waals surface area contributed by atoms with Crippen LogP contribution >= 0.6 is 11.5 Å². The van der Waals surface area contributed by atoms with E-state index in [1.807, 2.05) is 5.32 Å². The third kappa shape index (κ3) is 4.33. The molecule has 1 rings (SSSR count). The minimum absolute atomic E-state index is 0.199. The fourth-order valence-corrected chi connectivity index (χ4v) is 1.58. The summed E-state index contributed by atoms with van der Waals surface area (Å²) < 4.78 is 3.81. The van der Waals surface area contributed by atoms with E-state index < -0.39 is 30.4 Å². The van der Waals surface area contributed by atoms with Crippen LogP contribution in [0.2, 0.25) is 0 Å². The molecule has 0 aromatic carbocycles. The maximum atomic E-state index is 11.4. The molecular weight excluding hydrogens is 264 g/mol. The Morgan fingerprint density at radius 2 is 2.06 bits per heavy atom. The zero-order valence-corrected chi connectivity index (χ0v) is 10.0. The van der Waals surface area contributed by atoms with Gasteiger partial charge >= 0.3 is 18.0 Å². The largest absolute Gasteiger partial charge is 0.481 e. The SMILES string of the molecule is Cc1nsc(NC(=O)NC(CC(=O)O)C(=O)O)n1. The molecule has 1 unspecified atom stereocenters. The number of aliphatic carboxylic acids is 2. The lowest BCUT2D eigenvalue weighted by Crippen LogP contribution is -2.44. The number of carboxylic acid groups (broad SMARTS) is 2. The molecule has 0 fully saturated rings. The topological polar surface area (TPSA) is 142 Å². The number of hydrogen-bond acceptors (Lipinski definition) is 6. The van der Waals surface area contributed by atoms with Gasteiger partial charge in [-0.25, -0.2) is 14.6 Å². The van der Waals surface area contributed by atoms with Gasteiger partial charge in [0, 0.05) is 11.5 Å². The summed E-state index contributed by atoms with van der Waals surface area (Å²) in [5.41, 5.74) is 0. The van der Waals surface area contributed by atoms with Crippen LogP contribution < -0.4 is 10.6 Å². The lowest BCUT2D eigenvalue weighted by Gasteiger charge is -2.11. The van der Waals surface area contributed by atoms with Crippen molar-refractivity contribution in [2.75, 3.05) is 5.32 Å². The number of rotatable bonds is 5. The molecule has 98 valence electrons. The predicted molar refractivity (Wildman–Crippen MR) is 60.5 cm³/mol. The van der Waals surface area contributed by atoms with E-state index in [4.69, 9.17) is 10.2 Å². The Morgan fingerprint density at radius 1 is 1.39 bits per heavy atom. The molecule has 1 aromatic rings. The first-order chi connectivity index (χ1) is 8.38. The first-order valence-electron chi connectivity index (χ1n) is 4.71. The van der Waals surface area contributed by atoms with Gasteiger partial charge in [0.2, 0.25) is 5.13 Å². The van der Waals surface area contributed by atoms with Crippen molar-refractivity contribution in [1.82, 2.24) is 14.7 Å². The van der Waals surface area contributed by atoms with Gasteiger partial charge in [0.15, 0.2) is 0 Å². The van der Waals surface area contributed by atoms with Gasteiger partial charge in [-0.15, -0.1) is 0 Å². The van der Waals surface area contributed by atoms with Crippen molar-refractivity contribution in [2.45, 2.75) is 19.4 Å². The molecule has 0 saturated heterocycles. The summed E-state index contributed by atoms with van der Waals surface area (Å²) in [6, 6.07) is -2.35. The van der Waals surface area contributed by atoms with Crippen molar-refractivity contribution in [2.24, 2.45) is 0 Å². The number of carbonyl (C=O) groups excluding carboxylic acids is 1. The average Bonchev–Trinajstić information content (AvgIpc) is 2.62. The Kier molecular flexibility index (Phi) is 4.54. The second-order valence-electron chi connectivity index (χ2n) is 3.23. The lowest BCUT2D eigenvalue weighted by molar-refractivity contribution is -0.145. The Bertz CT molecular complexity index is 474. The number of nitrogens with zero attached hydrogens (tertiary/aromatic N) is 2. The second kappa shape index (κ2) is 5.91. The van der Waals surface area contributed by atoms with Gasteiger partial charge in [-0.3, -0.25) is 10.1 Å². The van der Waals surface area contributed by atoms with Gasteiger partial charge in [0.05, 0.1) is 6.42 Å². The van der Waals surface area contributed by atoms with Crippen LogP contribution in [0.15, 0.2) is 0 Å². The van der Waals surface area contributed by atoms with E-state index in [0.29, 0.717) is 5.82 Å². The summed E-state index contributed by atoms with van der Waals surface area (Å²) in [7, 11) is 0. The molecule has 0 aliphatic carbocycles. The van der Waals surface area contributed by atoms with Gasteiger partial charge in [0.1, 0.15) is 11.9 Å². The molecule has 9 nitrogen and oxygen atoms in total. The third-order valence-electron chi connectivity index (χ3n) is 1.73. The van der Waals surface area contributed by atoms with E-state index in [1.165, 1.54) is 0 Å². The van der Waals surface area contributed by atoms with E-state index in [1.54, 1.807) is 6.92 Å². The lowest BCUT2D eigenvalue weighted by atomic mass is 10.2. The standard InChI is InChI=1S/C8H10N4O5S/c1-3-9-8(18-12-3)11-7(17)10-4(6(15)16)2-5(13)14/h4H,2H2,1H3,(H,13,14)(H,15,16)(H2,9,10,11,12,17). The minimum Gasteiger partial charge on any atom is -0.481 e. The van der Waals surface area contributed by atoms with Gasteiger partial charge in [0.25, 0.3) is 0 Å². The van der Waals surface area contributed by atoms with Crippen LogP contribution in [0.3, 0.4) is 0 Å². The molecule has 0 bridgehead atoms. The molecule has 10 heteroatoms. The van der Waals surface area contributed by atoms with Crippen LogP contribution in [0.4, 0.5) is 9.93 Å². The van der Waals surface area contributed by atoms with Crippen molar-refractivity contribution in [3.8, 4) is 0 Å². The minimum atomic E-state index is -1.50. The van der Waals surface area contributed by atoms with Crippen LogP contribution in [-0.4, -0.2) is 43.6 Å². The Balaban J connectivity index is 2.56. The highest BCUT2D eigenvalue weighted by molar-refractivity contribution is 7.09. The fourth-order valence-electron chi connectivity index (χ4n) is 1.01. The fraction of sp³-hybridized carbons (Fsp3) is 0.375. The van der Waals surface area contributed by atoms with Crippen LogP contribution in [-0.2, 0) is 9.59 Å². The Morgan fingerprint density at radius 3 is 2.50 bits per heavy atom. The zero-order valence-electron chi connectivity index (χ0n) is 9.21. The van der Waals surface area contributed by atoms with Crippen molar-refractivity contribution in [1.29, 1.82) is 0 Å². The van der Waals surface area contributed by atoms with Crippen molar-refractivity contribution >= 4 is 34.6 Å². The number of carboxylic acids is 2. The van der Waals surface area contributed by atoms with Crippen molar-refractivity contribution < 1.29 is 24.6 Å². The molecule has 1 aromatic heterocycles. The molecule has 0 aliphatic heterocycles. The second-order valence-corrected chi connectivity index (χ2v) is 3.99. The number of carbonyl (C=O) groups is 3. The maximum absolute atomic E-state index is 11.4. The van der Waals surface area contributed by atoms with Crippen LogP contribution in [0.5, 0.6) is 0 Å². The van der Waals surface area contributed by atoms with E-state index >= 15 is 0 Å². The highest BCUT2D eigenvalue weighted by atomic mass is 32.1. The smallest absolute Gasteiger partial charge is 0.326 e. The summed E-state index contributed by atoms with van der Waals surface area (Å²) in [6.07, 6.45) is -0.710. The summed E-state index contributed by atoms with van der Waals surface area (Å²) in [5.74, 6) is -2.29. The predicted octanol–water partition coefficient (Wildman–Crippen LogP) is -0.104. The molecule has 1 heterocycles. The average molecular weight is 274 g/mol. The van der Waals surface area contributed by atoms with E-state index in [2.05, 4.69) is 14.7 Å². The number of aromatic nitrogens is 2. The molecular formula is C8H10N4O5S. The Hall–Kier alpha value is -2.23. The molecule has 0 aliphatic rings. The van der Waals surface area contributed by atoms with E-state index in [-0.39, 0.29) is 5.13 Å². The monoisotopic (exact) mass is 274 g/mol. The van der Waals surface area contributed by atoms with Crippen molar-refractivity contribution in [3.05, 3.63) is 5.82 Å². The molecule has 18 heavy (non-hydrogen) atoms. The zero-order chi connectivity index (χ0) is 13.7. The quantitative estimate of drug-likeness (QED) is 0.587. The van der Waals surface area contributed by atoms with Crippen LogP contribution in [0.25, 0.3) is 0 Å². The normalized spacial score (nSPS) is 11.6. The molecule has 4 N–H and O–H groups in total. The van der Waals surface area contributed by atoms with Crippen LogP contribution in [0, 0.1) is 6.92 Å². The molecule has 0 saturated carbocycles. The third-order valence-corrected chi connectivity index (χ3v) is 2.45. The highest BCUT2D eigenvalue weighted by Gasteiger charge is 2.23. The van der Waals surface area contributed by atoms with Gasteiger partial charge < -0.3 is 15.5 Å². The number of anilines is 1. The number of urea groups is 1. The van der Waals surface area contributed by atoms with Crippen molar-refractivity contribution in [3.63, 3.8) is 0 Å². The van der Waals surface area contributed by atoms with Gasteiger partial charge in [-0.05, 0) is 6.92 Å². The van der Waals surface area contributed by atoms with E-state index in [0.717, 1.165) is 11.5 Å². The summed E-state index contributed by atoms with van der Waals surface area (Å²) in [4.78, 5) is 36.3. The van der Waals surface area contributed by atoms with Gasteiger partial charge in [-0.1, -0.05) is 0 Å². The number of hydrogen-bond donors (Lipinski definition) is 4. The number of nitrogens with one attached hydrogen (secondary N) is 2. The van der Waals surface area contributed by atoms with Gasteiger partial charge in [-0.2, -0.15) is 4.37 Å². The molecule has 2 amide bonds. The molecule has 0 spiro atoms. The summed E-state index contributed by atoms with van der Waals surface area (Å²) in [5, 5.41) is 21.7. The van der Waals surface area contributed by atoms with Crippen LogP contribution in [0.1, 0.15) is 12.2 Å². The number of aryl methyl sites for hydroxylation is 1.